The Balaban J connectivity index is 3.80. The van der Waals surface area contributed by atoms with Crippen molar-refractivity contribution >= 4 is 6.08 Å². The fraction of sp³-hybridized carbons (Fsp3) is 0.429. The Morgan fingerprint density at radius 2 is 1.20 bits per heavy atom. The van der Waals surface area contributed by atoms with Crippen LogP contribution >= 0.6 is 0 Å². The van der Waals surface area contributed by atoms with Crippen LogP contribution in [-0.2, 0) is 17.8 Å². The van der Waals surface area contributed by atoms with Crippen molar-refractivity contribution in [3.8, 4) is 0 Å². The summed E-state index contributed by atoms with van der Waals surface area (Å²) in [5.74, 6) is 0. The molecule has 0 aliphatic rings. The van der Waals surface area contributed by atoms with Crippen LogP contribution in [0.2, 0.25) is 0 Å². The zero-order chi connectivity index (χ0) is 15.9. The van der Waals surface area contributed by atoms with Crippen molar-refractivity contribution in [2.45, 2.75) is 38.5 Å². The predicted molar refractivity (Wildman–Crippen MR) is 65.2 cm³/mol. The van der Waals surface area contributed by atoms with Gasteiger partial charge in [0.2, 0.25) is 0 Å². The van der Waals surface area contributed by atoms with Gasteiger partial charge >= 0.3 is 12.4 Å². The van der Waals surface area contributed by atoms with Crippen molar-refractivity contribution in [1.29, 1.82) is 0 Å². The third-order valence-corrected chi connectivity index (χ3v) is 2.86. The summed E-state index contributed by atoms with van der Waals surface area (Å²) in [6, 6.07) is 1.51. The number of benzene rings is 1. The Kier molecular flexibility index (Phi) is 4.00. The molecule has 0 unspecified atom stereocenters. The maximum Gasteiger partial charge on any atom is 0.417 e. The van der Waals surface area contributed by atoms with Gasteiger partial charge in [-0.2, -0.15) is 26.3 Å². The minimum atomic E-state index is -4.87. The van der Waals surface area contributed by atoms with Gasteiger partial charge in [-0.25, -0.2) is 0 Å². The highest BCUT2D eigenvalue weighted by Gasteiger charge is 2.41. The van der Waals surface area contributed by atoms with Crippen LogP contribution in [-0.4, -0.2) is 0 Å². The molecule has 6 heteroatoms. The van der Waals surface area contributed by atoms with Gasteiger partial charge in [-0.1, -0.05) is 33.4 Å². The van der Waals surface area contributed by atoms with E-state index in [0.29, 0.717) is 6.08 Å². The number of rotatable bonds is 1. The molecule has 0 heterocycles. The quantitative estimate of drug-likeness (QED) is 0.586. The highest BCUT2D eigenvalue weighted by Crippen LogP contribution is 2.42. The van der Waals surface area contributed by atoms with E-state index >= 15 is 0 Å². The fourth-order valence-corrected chi connectivity index (χ4v) is 1.78. The molecule has 1 rings (SSSR count). The van der Waals surface area contributed by atoms with Gasteiger partial charge in [0, 0.05) is 0 Å². The number of alkyl halides is 6. The van der Waals surface area contributed by atoms with Crippen molar-refractivity contribution in [3.05, 3.63) is 41.0 Å². The highest BCUT2D eigenvalue weighted by molar-refractivity contribution is 5.60. The van der Waals surface area contributed by atoms with Crippen LogP contribution in [0, 0.1) is 0 Å². The second-order valence-electron chi connectivity index (χ2n) is 5.43. The van der Waals surface area contributed by atoms with Crippen LogP contribution in [0.4, 0.5) is 26.3 Å². The van der Waals surface area contributed by atoms with Gasteiger partial charge in [0.25, 0.3) is 0 Å². The van der Waals surface area contributed by atoms with Crippen molar-refractivity contribution in [3.63, 3.8) is 0 Å². The van der Waals surface area contributed by atoms with Gasteiger partial charge in [0.15, 0.2) is 0 Å². The first-order valence-electron chi connectivity index (χ1n) is 5.74. The minimum absolute atomic E-state index is 0.0252. The smallest absolute Gasteiger partial charge is 0.166 e. The van der Waals surface area contributed by atoms with Crippen molar-refractivity contribution < 1.29 is 26.3 Å². The second-order valence-corrected chi connectivity index (χ2v) is 5.43. The molecule has 0 saturated carbocycles. The number of hydrogen-bond acceptors (Lipinski definition) is 0. The summed E-state index contributed by atoms with van der Waals surface area (Å²) in [6.45, 7) is 7.73. The molecule has 20 heavy (non-hydrogen) atoms. The third kappa shape index (κ3) is 3.35. The van der Waals surface area contributed by atoms with E-state index < -0.39 is 34.5 Å². The molecule has 112 valence electrons. The molecule has 0 N–H and O–H groups in total. The summed E-state index contributed by atoms with van der Waals surface area (Å²) in [5, 5.41) is 0. The van der Waals surface area contributed by atoms with Gasteiger partial charge in [0.1, 0.15) is 0 Å². The van der Waals surface area contributed by atoms with Crippen molar-refractivity contribution in [2.75, 3.05) is 0 Å². The third-order valence-electron chi connectivity index (χ3n) is 2.86. The van der Waals surface area contributed by atoms with Crippen molar-refractivity contribution in [1.82, 2.24) is 0 Å². The summed E-state index contributed by atoms with van der Waals surface area (Å²) in [7, 11) is 0. The van der Waals surface area contributed by atoms with Crippen LogP contribution in [0.25, 0.3) is 6.08 Å². The van der Waals surface area contributed by atoms with Crippen LogP contribution in [0.3, 0.4) is 0 Å². The summed E-state index contributed by atoms with van der Waals surface area (Å²) in [6.07, 6.45) is -9.15. The Morgan fingerprint density at radius 3 is 1.40 bits per heavy atom. The van der Waals surface area contributed by atoms with E-state index in [1.54, 1.807) is 20.8 Å². The molecular weight excluding hydrogens is 282 g/mol. The lowest BCUT2D eigenvalue weighted by Gasteiger charge is -2.24. The van der Waals surface area contributed by atoms with Crippen LogP contribution in [0.15, 0.2) is 18.7 Å². The number of hydrogen-bond donors (Lipinski definition) is 0. The molecule has 0 radical (unpaired) electrons. The molecule has 0 aliphatic carbocycles. The molecule has 0 amide bonds. The maximum atomic E-state index is 13.0. The SMILES string of the molecule is C=Cc1c(C(F)(F)F)cc(C(C)(C)C)cc1C(F)(F)F. The minimum Gasteiger partial charge on any atom is -0.166 e. The summed E-state index contributed by atoms with van der Waals surface area (Å²) in [5.41, 5.74) is -4.42. The Hall–Kier alpha value is -1.46. The zero-order valence-electron chi connectivity index (χ0n) is 11.2. The molecule has 0 fully saturated rings. The average molecular weight is 296 g/mol. The first-order valence-corrected chi connectivity index (χ1v) is 5.74. The molecule has 0 atom stereocenters. The Labute approximate surface area is 113 Å². The molecule has 1 aromatic carbocycles. The molecule has 1 aromatic rings. The van der Waals surface area contributed by atoms with E-state index in [2.05, 4.69) is 6.58 Å². The van der Waals surface area contributed by atoms with Gasteiger partial charge in [-0.3, -0.25) is 0 Å². The molecule has 0 nitrogen and oxygen atoms in total. The second kappa shape index (κ2) is 4.82. The Morgan fingerprint density at radius 1 is 0.850 bits per heavy atom. The van der Waals surface area contributed by atoms with E-state index in [4.69, 9.17) is 0 Å². The highest BCUT2D eigenvalue weighted by atomic mass is 19.4. The maximum absolute atomic E-state index is 13.0. The lowest BCUT2D eigenvalue weighted by Crippen LogP contribution is -2.19. The normalized spacial score (nSPS) is 13.4. The summed E-state index contributed by atoms with van der Waals surface area (Å²) in [4.78, 5) is 0. The van der Waals surface area contributed by atoms with Crippen molar-refractivity contribution in [2.24, 2.45) is 0 Å². The molecule has 0 spiro atoms. The molecule has 0 aliphatic heterocycles. The fourth-order valence-electron chi connectivity index (χ4n) is 1.78. The lowest BCUT2D eigenvalue weighted by atomic mass is 9.83. The standard InChI is InChI=1S/C14H14F6/c1-5-9-10(13(15,16)17)6-8(12(2,3)4)7-11(9)14(18,19)20/h5-7H,1H2,2-4H3. The van der Waals surface area contributed by atoms with E-state index in [0.717, 1.165) is 12.1 Å². The van der Waals surface area contributed by atoms with Crippen LogP contribution in [0.1, 0.15) is 43.0 Å². The van der Waals surface area contributed by atoms with Gasteiger partial charge in [-0.05, 0) is 28.7 Å². The Bertz CT molecular complexity index is 479. The molecule has 0 bridgehead atoms. The molecular formula is C14H14F6. The van der Waals surface area contributed by atoms with Crippen LogP contribution < -0.4 is 0 Å². The zero-order valence-corrected chi connectivity index (χ0v) is 11.2. The molecule has 0 aromatic heterocycles. The largest absolute Gasteiger partial charge is 0.417 e. The first kappa shape index (κ1) is 16.6. The van der Waals surface area contributed by atoms with E-state index in [9.17, 15) is 26.3 Å². The average Bonchev–Trinajstić information content (AvgIpc) is 2.23. The van der Waals surface area contributed by atoms with Gasteiger partial charge in [0.05, 0.1) is 11.1 Å². The van der Waals surface area contributed by atoms with E-state index in [-0.39, 0.29) is 5.56 Å². The first-order chi connectivity index (χ1) is 8.78. The monoisotopic (exact) mass is 296 g/mol. The topological polar surface area (TPSA) is 0 Å². The molecule has 0 saturated heterocycles. The van der Waals surface area contributed by atoms with Gasteiger partial charge in [-0.15, -0.1) is 0 Å². The predicted octanol–water partition coefficient (Wildman–Crippen LogP) is 5.66. The summed E-state index contributed by atoms with van der Waals surface area (Å²) < 4.78 is 77.7. The van der Waals surface area contributed by atoms with E-state index in [1.165, 1.54) is 0 Å². The van der Waals surface area contributed by atoms with Gasteiger partial charge < -0.3 is 0 Å². The van der Waals surface area contributed by atoms with E-state index in [1.807, 2.05) is 0 Å². The summed E-state index contributed by atoms with van der Waals surface area (Å²) >= 11 is 0. The number of halogens is 6. The van der Waals surface area contributed by atoms with Crippen LogP contribution in [0.5, 0.6) is 0 Å². The lowest BCUT2D eigenvalue weighted by molar-refractivity contribution is -0.143.